The van der Waals surface area contributed by atoms with Crippen molar-refractivity contribution in [2.45, 2.75) is 155 Å². The highest BCUT2D eigenvalue weighted by Crippen LogP contribution is 2.50. The fourth-order valence-electron chi connectivity index (χ4n) is 9.03. The van der Waals surface area contributed by atoms with Gasteiger partial charge in [-0.15, -0.1) is 0 Å². The number of hydrogen-bond acceptors (Lipinski definition) is 12. The first-order valence-corrected chi connectivity index (χ1v) is 25.7. The molecule has 0 bridgehead atoms. The first-order valence-electron chi connectivity index (χ1n) is 23.2. The Bertz CT molecular complexity index is 2470. The molecule has 0 amide bonds. The number of aromatic hydroxyl groups is 4. The Labute approximate surface area is 406 Å². The van der Waals surface area contributed by atoms with E-state index in [0.29, 0.717) is 47.6 Å². The van der Waals surface area contributed by atoms with Gasteiger partial charge in [0.05, 0.1) is 23.0 Å². The van der Waals surface area contributed by atoms with E-state index in [1.165, 1.54) is 56.0 Å². The highest BCUT2D eigenvalue weighted by Gasteiger charge is 2.43. The lowest BCUT2D eigenvalue weighted by Gasteiger charge is -2.40. The lowest BCUT2D eigenvalue weighted by molar-refractivity contribution is -0.141. The van der Waals surface area contributed by atoms with Gasteiger partial charge in [-0.1, -0.05) is 68.2 Å². The molecule has 370 valence electrons. The number of allylic oxidation sites excluding steroid dienone is 8. The van der Waals surface area contributed by atoms with E-state index in [9.17, 15) is 50.4 Å². The van der Waals surface area contributed by atoms with E-state index in [4.69, 9.17) is 9.47 Å². The summed E-state index contributed by atoms with van der Waals surface area (Å²) in [6, 6.07) is 0.00530. The number of phenolic OH excluding ortho intramolecular Hbond substituents is 2. The van der Waals surface area contributed by atoms with E-state index in [1.54, 1.807) is 13.8 Å². The molecule has 2 aliphatic rings. The molecule has 2 aromatic heterocycles. The SMILES string of the molecule is CC(C)=CCCC(C)=CCCC1(C)Oc2c(c(O)cc3c(O)n(C(CSSCC(C(=O)O)n4cc5c6c(c(O)cc5c4O)CC(O)C(C)(CCC=C(C)CCC=C(C)C)O6)C(=O)O)cc23)CC1O. The number of rotatable bonds is 21. The monoisotopic (exact) mass is 976 g/mol. The molecule has 0 radical (unpaired) electrons. The molecule has 4 heterocycles. The van der Waals surface area contributed by atoms with Crippen molar-refractivity contribution in [1.82, 2.24) is 9.13 Å². The lowest BCUT2D eigenvalue weighted by atomic mass is 9.84. The van der Waals surface area contributed by atoms with Crippen molar-refractivity contribution in [3.8, 4) is 34.8 Å². The van der Waals surface area contributed by atoms with Crippen molar-refractivity contribution in [2.75, 3.05) is 11.5 Å². The van der Waals surface area contributed by atoms with Crippen molar-refractivity contribution in [2.24, 2.45) is 0 Å². The third-order valence-corrected chi connectivity index (χ3v) is 15.8. The van der Waals surface area contributed by atoms with Crippen LogP contribution in [0.15, 0.2) is 71.1 Å². The van der Waals surface area contributed by atoms with Crippen LogP contribution < -0.4 is 9.47 Å². The molecule has 2 aromatic carbocycles. The van der Waals surface area contributed by atoms with Crippen LogP contribution in [0.25, 0.3) is 21.5 Å². The van der Waals surface area contributed by atoms with Gasteiger partial charge in [-0.05, 0) is 119 Å². The molecule has 6 unspecified atom stereocenters. The minimum absolute atomic E-state index is 0.0865. The van der Waals surface area contributed by atoms with Crippen molar-refractivity contribution in [1.29, 1.82) is 0 Å². The zero-order valence-corrected chi connectivity index (χ0v) is 42.0. The highest BCUT2D eigenvalue weighted by atomic mass is 33.1. The molecule has 14 nitrogen and oxygen atoms in total. The highest BCUT2D eigenvalue weighted by molar-refractivity contribution is 8.76. The van der Waals surface area contributed by atoms with E-state index in [2.05, 4.69) is 65.8 Å². The Hall–Kier alpha value is -5.16. The van der Waals surface area contributed by atoms with E-state index >= 15 is 0 Å². The van der Waals surface area contributed by atoms with Crippen molar-refractivity contribution >= 4 is 55.1 Å². The third-order valence-electron chi connectivity index (χ3n) is 13.4. The number of benzene rings is 2. The Morgan fingerprint density at radius 2 is 1.00 bits per heavy atom. The topological polar surface area (TPSA) is 224 Å². The van der Waals surface area contributed by atoms with Gasteiger partial charge in [0.2, 0.25) is 0 Å². The zero-order valence-electron chi connectivity index (χ0n) is 40.3. The van der Waals surface area contributed by atoms with Gasteiger partial charge < -0.3 is 59.5 Å². The molecule has 16 heteroatoms. The number of phenols is 2. The number of ether oxygens (including phenoxy) is 2. The Kier molecular flexibility index (Phi) is 16.6. The Morgan fingerprint density at radius 1 is 0.632 bits per heavy atom. The van der Waals surface area contributed by atoms with Crippen LogP contribution in [0.5, 0.6) is 34.8 Å². The molecule has 0 saturated heterocycles. The predicted molar refractivity (Wildman–Crippen MR) is 270 cm³/mol. The van der Waals surface area contributed by atoms with Crippen LogP contribution in [0, 0.1) is 0 Å². The smallest absolute Gasteiger partial charge is 0.327 e. The first-order chi connectivity index (χ1) is 32.0. The Morgan fingerprint density at radius 3 is 1.34 bits per heavy atom. The summed E-state index contributed by atoms with van der Waals surface area (Å²) < 4.78 is 15.4. The average molecular weight is 977 g/mol. The number of aliphatic hydroxyl groups is 2. The van der Waals surface area contributed by atoms with Crippen LogP contribution in [0.4, 0.5) is 0 Å². The minimum atomic E-state index is -1.33. The van der Waals surface area contributed by atoms with Crippen molar-refractivity contribution in [3.05, 3.63) is 82.2 Å². The fourth-order valence-corrected chi connectivity index (χ4v) is 11.4. The maximum absolute atomic E-state index is 12.8. The average Bonchev–Trinajstić information content (AvgIpc) is 3.75. The number of aromatic nitrogens is 2. The third kappa shape index (κ3) is 11.5. The van der Waals surface area contributed by atoms with Crippen LogP contribution in [-0.2, 0) is 22.4 Å². The molecule has 6 atom stereocenters. The van der Waals surface area contributed by atoms with Crippen molar-refractivity contribution in [3.63, 3.8) is 0 Å². The van der Waals surface area contributed by atoms with Gasteiger partial charge in [0.25, 0.3) is 0 Å². The van der Waals surface area contributed by atoms with Gasteiger partial charge in [-0.3, -0.25) is 0 Å². The van der Waals surface area contributed by atoms with Crippen LogP contribution in [0.1, 0.15) is 130 Å². The summed E-state index contributed by atoms with van der Waals surface area (Å²) >= 11 is 0. The van der Waals surface area contributed by atoms with Gasteiger partial charge in [-0.2, -0.15) is 0 Å². The van der Waals surface area contributed by atoms with Gasteiger partial charge in [-0.25, -0.2) is 9.59 Å². The second kappa shape index (κ2) is 21.6. The van der Waals surface area contributed by atoms with E-state index in [-0.39, 0.29) is 58.1 Å². The molecule has 0 aliphatic carbocycles. The van der Waals surface area contributed by atoms with E-state index < -0.39 is 59.2 Å². The van der Waals surface area contributed by atoms with Gasteiger partial charge in [0.1, 0.15) is 46.3 Å². The second-order valence-electron chi connectivity index (χ2n) is 19.4. The predicted octanol–water partition coefficient (Wildman–Crippen LogP) is 10.8. The summed E-state index contributed by atoms with van der Waals surface area (Å²) in [6.45, 7) is 16.0. The minimum Gasteiger partial charge on any atom is -0.508 e. The number of carboxylic acid groups (broad SMARTS) is 2. The molecule has 2 aliphatic heterocycles. The van der Waals surface area contributed by atoms with Crippen LogP contribution in [0.3, 0.4) is 0 Å². The summed E-state index contributed by atoms with van der Waals surface area (Å²) in [5.74, 6) is -3.48. The standard InChI is InChI=1S/C52H68N2O12S2/c1-29(2)13-9-15-31(5)17-11-19-51(7)43(57)23-35-41(55)21-33-37(45(35)65-51)25-53(47(33)59)39(49(61)62)27-67-68-28-40(50(63)64)54-26-38-34(48(54)60)22-42(56)36-24-44(58)52(8,66-46(36)38)20-12-18-32(6)16-10-14-30(3)4/h13-14,17-18,21-22,25-26,39-40,43-44,55-60H,9-12,15-16,19-20,23-24,27-28H2,1-8H3,(H,61,62)(H,63,64). The second-order valence-corrected chi connectivity index (χ2v) is 22.0. The van der Waals surface area contributed by atoms with Crippen LogP contribution in [0.2, 0.25) is 0 Å². The van der Waals surface area contributed by atoms with Gasteiger partial charge in [0.15, 0.2) is 11.8 Å². The number of fused-ring (bicyclic) bond motifs is 6. The number of aliphatic hydroxyl groups excluding tert-OH is 2. The molecular formula is C52H68N2O12S2. The molecule has 8 N–H and O–H groups in total. The first kappa shape index (κ1) is 52.2. The maximum atomic E-state index is 12.8. The summed E-state index contributed by atoms with van der Waals surface area (Å²) in [5.41, 5.74) is 3.59. The number of carbonyl (C=O) groups is 2. The fraction of sp³-hybridized carbons (Fsp3) is 0.500. The molecule has 0 saturated carbocycles. The zero-order chi connectivity index (χ0) is 49.8. The van der Waals surface area contributed by atoms with E-state index in [0.717, 1.165) is 47.3 Å². The number of hydrogen-bond donors (Lipinski definition) is 8. The van der Waals surface area contributed by atoms with E-state index in [1.807, 2.05) is 0 Å². The molecule has 68 heavy (non-hydrogen) atoms. The summed E-state index contributed by atoms with van der Waals surface area (Å²) in [5, 5.41) is 89.5. The maximum Gasteiger partial charge on any atom is 0.327 e. The molecular weight excluding hydrogens is 909 g/mol. The number of nitrogens with zero attached hydrogens (tertiary/aromatic N) is 2. The largest absolute Gasteiger partial charge is 0.508 e. The normalized spacial score (nSPS) is 21.4. The Balaban J connectivity index is 1.17. The lowest BCUT2D eigenvalue weighted by Crippen LogP contribution is -2.48. The summed E-state index contributed by atoms with van der Waals surface area (Å²) in [6.07, 6.45) is 15.8. The van der Waals surface area contributed by atoms with Crippen LogP contribution >= 0.6 is 21.6 Å². The molecule has 6 rings (SSSR count). The quantitative estimate of drug-likeness (QED) is 0.0221. The molecule has 4 aromatic rings. The van der Waals surface area contributed by atoms with Gasteiger partial charge in [0, 0.05) is 58.6 Å². The molecule has 0 spiro atoms. The van der Waals surface area contributed by atoms with Crippen molar-refractivity contribution < 1.29 is 59.9 Å². The number of aliphatic carboxylic acids is 2. The van der Waals surface area contributed by atoms with Gasteiger partial charge >= 0.3 is 11.9 Å². The van der Waals surface area contributed by atoms with Crippen LogP contribution in [-0.4, -0.2) is 96.8 Å². The molecule has 0 fully saturated rings. The summed E-state index contributed by atoms with van der Waals surface area (Å²) in [7, 11) is 2.14. The number of carboxylic acids is 2. The summed E-state index contributed by atoms with van der Waals surface area (Å²) in [4.78, 5) is 25.6.